The Kier molecular flexibility index (Phi) is 5.71. The molecule has 5 heteroatoms. The fourth-order valence-corrected chi connectivity index (χ4v) is 3.92. The van der Waals surface area contributed by atoms with Crippen molar-refractivity contribution in [2.45, 2.75) is 32.1 Å². The number of carbonyl (C=O) groups excluding carboxylic acids is 1. The molecule has 0 aliphatic carbocycles. The zero-order valence-electron chi connectivity index (χ0n) is 16.3. The van der Waals surface area contributed by atoms with Crippen LogP contribution in [0.3, 0.4) is 0 Å². The van der Waals surface area contributed by atoms with Gasteiger partial charge in [-0.2, -0.15) is 5.26 Å². The van der Waals surface area contributed by atoms with E-state index in [0.717, 1.165) is 61.4 Å². The molecular formula is C24H24N4O. The third kappa shape index (κ3) is 4.55. The van der Waals surface area contributed by atoms with Crippen molar-refractivity contribution >= 4 is 11.6 Å². The van der Waals surface area contributed by atoms with E-state index in [9.17, 15) is 4.79 Å². The van der Waals surface area contributed by atoms with E-state index in [1.165, 1.54) is 0 Å². The van der Waals surface area contributed by atoms with E-state index >= 15 is 0 Å². The first kappa shape index (κ1) is 18.9. The maximum absolute atomic E-state index is 12.7. The smallest absolute Gasteiger partial charge is 0.230 e. The molecule has 1 unspecified atom stereocenters. The molecule has 4 rings (SSSR count). The average molecular weight is 384 g/mol. The molecule has 146 valence electrons. The molecule has 0 spiro atoms. The fourth-order valence-electron chi connectivity index (χ4n) is 3.92. The number of aromatic nitrogens is 2. The summed E-state index contributed by atoms with van der Waals surface area (Å²) in [5.41, 5.74) is 3.91. The van der Waals surface area contributed by atoms with Gasteiger partial charge in [0.25, 0.3) is 0 Å². The van der Waals surface area contributed by atoms with E-state index in [2.05, 4.69) is 16.0 Å². The minimum absolute atomic E-state index is 0.122. The molecule has 1 aromatic heterocycles. The minimum Gasteiger partial charge on any atom is -0.346 e. The van der Waals surface area contributed by atoms with Gasteiger partial charge < -0.3 is 9.88 Å². The van der Waals surface area contributed by atoms with Gasteiger partial charge in [-0.1, -0.05) is 30.3 Å². The summed E-state index contributed by atoms with van der Waals surface area (Å²) in [6.07, 6.45) is 6.32. The Bertz CT molecular complexity index is 1000. The summed E-state index contributed by atoms with van der Waals surface area (Å²) in [4.78, 5) is 22.5. The number of carbonyl (C=O) groups is 1. The molecule has 5 nitrogen and oxygen atoms in total. The number of benzene rings is 2. The van der Waals surface area contributed by atoms with Gasteiger partial charge in [-0.3, -0.25) is 4.79 Å². The Balaban J connectivity index is 1.26. The van der Waals surface area contributed by atoms with E-state index in [-0.39, 0.29) is 11.8 Å². The van der Waals surface area contributed by atoms with Crippen molar-refractivity contribution in [3.63, 3.8) is 0 Å². The van der Waals surface area contributed by atoms with Gasteiger partial charge in [-0.15, -0.1) is 0 Å². The SMILES string of the molecule is N#Cc1ccc(Cc2ncc(CCCC3CCN(c4ccccc4)C3=O)[nH]2)cc1. The molecule has 29 heavy (non-hydrogen) atoms. The molecule has 1 fully saturated rings. The molecule has 1 saturated heterocycles. The maximum atomic E-state index is 12.7. The Morgan fingerprint density at radius 1 is 1.14 bits per heavy atom. The van der Waals surface area contributed by atoms with Gasteiger partial charge in [-0.05, 0) is 55.5 Å². The quantitative estimate of drug-likeness (QED) is 0.662. The Hall–Kier alpha value is -3.39. The standard InChI is InChI=1S/C24H24N4O/c25-16-19-11-9-18(10-12-19)15-23-26-17-21(27-23)6-4-5-20-13-14-28(24(20)29)22-7-2-1-3-8-22/h1-3,7-12,17,20H,4-6,13-15H2,(H,26,27). The number of anilines is 1. The molecule has 2 aromatic carbocycles. The topological polar surface area (TPSA) is 72.8 Å². The van der Waals surface area contributed by atoms with Crippen LogP contribution in [0.15, 0.2) is 60.8 Å². The van der Waals surface area contributed by atoms with Crippen molar-refractivity contribution < 1.29 is 4.79 Å². The molecule has 2 heterocycles. The molecule has 0 radical (unpaired) electrons. The molecule has 0 bridgehead atoms. The van der Waals surface area contributed by atoms with Crippen LogP contribution in [0.25, 0.3) is 0 Å². The number of H-pyrrole nitrogens is 1. The van der Waals surface area contributed by atoms with Crippen LogP contribution in [0.2, 0.25) is 0 Å². The third-order valence-electron chi connectivity index (χ3n) is 5.52. The molecule has 1 amide bonds. The van der Waals surface area contributed by atoms with Gasteiger partial charge in [0.2, 0.25) is 5.91 Å². The summed E-state index contributed by atoms with van der Waals surface area (Å²) in [6.45, 7) is 0.812. The summed E-state index contributed by atoms with van der Waals surface area (Å²) in [7, 11) is 0. The highest BCUT2D eigenvalue weighted by molar-refractivity contribution is 5.97. The number of imidazole rings is 1. The predicted octanol–water partition coefficient (Wildman–Crippen LogP) is 4.25. The number of aryl methyl sites for hydroxylation is 1. The van der Waals surface area contributed by atoms with Crippen molar-refractivity contribution in [3.05, 3.63) is 83.4 Å². The Morgan fingerprint density at radius 3 is 2.69 bits per heavy atom. The third-order valence-corrected chi connectivity index (χ3v) is 5.52. The zero-order chi connectivity index (χ0) is 20.1. The van der Waals surface area contributed by atoms with E-state index in [1.807, 2.05) is 65.7 Å². The monoisotopic (exact) mass is 384 g/mol. The van der Waals surface area contributed by atoms with E-state index < -0.39 is 0 Å². The summed E-state index contributed by atoms with van der Waals surface area (Å²) in [5.74, 6) is 1.30. The van der Waals surface area contributed by atoms with E-state index in [1.54, 1.807) is 0 Å². The van der Waals surface area contributed by atoms with Gasteiger partial charge in [0.1, 0.15) is 5.82 Å². The molecule has 1 atom stereocenters. The van der Waals surface area contributed by atoms with E-state index in [0.29, 0.717) is 5.56 Å². The number of hydrogen-bond acceptors (Lipinski definition) is 3. The molecule has 0 saturated carbocycles. The number of aromatic amines is 1. The van der Waals surface area contributed by atoms with Crippen LogP contribution in [-0.4, -0.2) is 22.4 Å². The normalized spacial score (nSPS) is 16.2. The number of amides is 1. The Labute approximate surface area is 171 Å². The number of rotatable bonds is 7. The number of hydrogen-bond donors (Lipinski definition) is 1. The van der Waals surface area contributed by atoms with Gasteiger partial charge >= 0.3 is 0 Å². The summed E-state index contributed by atoms with van der Waals surface area (Å²) in [6, 6.07) is 19.6. The van der Waals surface area contributed by atoms with Crippen molar-refractivity contribution in [1.29, 1.82) is 5.26 Å². The summed E-state index contributed by atoms with van der Waals surface area (Å²) < 4.78 is 0. The minimum atomic E-state index is 0.122. The van der Waals surface area contributed by atoms with Crippen LogP contribution < -0.4 is 4.90 Å². The number of nitrogens with one attached hydrogen (secondary N) is 1. The van der Waals surface area contributed by atoms with Crippen LogP contribution in [0.5, 0.6) is 0 Å². The lowest BCUT2D eigenvalue weighted by molar-refractivity contribution is -0.120. The lowest BCUT2D eigenvalue weighted by Crippen LogP contribution is -2.26. The van der Waals surface area contributed by atoms with Crippen LogP contribution in [0.1, 0.15) is 41.9 Å². The lowest BCUT2D eigenvalue weighted by atomic mass is 10.00. The van der Waals surface area contributed by atoms with Crippen LogP contribution >= 0.6 is 0 Å². The zero-order valence-corrected chi connectivity index (χ0v) is 16.3. The summed E-state index contributed by atoms with van der Waals surface area (Å²) >= 11 is 0. The lowest BCUT2D eigenvalue weighted by Gasteiger charge is -2.16. The number of para-hydroxylation sites is 1. The van der Waals surface area contributed by atoms with Crippen molar-refractivity contribution in [2.24, 2.45) is 5.92 Å². The fraction of sp³-hybridized carbons (Fsp3) is 0.292. The molecule has 1 N–H and O–H groups in total. The highest BCUT2D eigenvalue weighted by Gasteiger charge is 2.31. The second kappa shape index (κ2) is 8.74. The van der Waals surface area contributed by atoms with Crippen LogP contribution in [0, 0.1) is 17.2 Å². The largest absolute Gasteiger partial charge is 0.346 e. The van der Waals surface area contributed by atoms with Crippen LogP contribution in [0.4, 0.5) is 5.69 Å². The first-order valence-corrected chi connectivity index (χ1v) is 10.1. The Morgan fingerprint density at radius 2 is 1.93 bits per heavy atom. The van der Waals surface area contributed by atoms with Gasteiger partial charge in [-0.25, -0.2) is 4.98 Å². The molecular weight excluding hydrogens is 360 g/mol. The highest BCUT2D eigenvalue weighted by atomic mass is 16.2. The first-order valence-electron chi connectivity index (χ1n) is 10.1. The second-order valence-electron chi connectivity index (χ2n) is 7.54. The maximum Gasteiger partial charge on any atom is 0.230 e. The number of nitriles is 1. The molecule has 1 aliphatic rings. The van der Waals surface area contributed by atoms with Gasteiger partial charge in [0, 0.05) is 36.5 Å². The van der Waals surface area contributed by atoms with Crippen molar-refractivity contribution in [3.8, 4) is 6.07 Å². The van der Waals surface area contributed by atoms with Crippen molar-refractivity contribution in [1.82, 2.24) is 9.97 Å². The number of nitrogens with zero attached hydrogens (tertiary/aromatic N) is 3. The van der Waals surface area contributed by atoms with Crippen molar-refractivity contribution in [2.75, 3.05) is 11.4 Å². The first-order chi connectivity index (χ1) is 14.2. The van der Waals surface area contributed by atoms with Crippen LogP contribution in [-0.2, 0) is 17.6 Å². The van der Waals surface area contributed by atoms with Gasteiger partial charge in [0.05, 0.1) is 11.6 Å². The van der Waals surface area contributed by atoms with Gasteiger partial charge in [0.15, 0.2) is 0 Å². The summed E-state index contributed by atoms with van der Waals surface area (Å²) in [5, 5.41) is 8.88. The molecule has 1 aliphatic heterocycles. The second-order valence-corrected chi connectivity index (χ2v) is 7.54. The molecule has 3 aromatic rings. The highest BCUT2D eigenvalue weighted by Crippen LogP contribution is 2.28. The average Bonchev–Trinajstić information content (AvgIpc) is 3.36. The predicted molar refractivity (Wildman–Crippen MR) is 112 cm³/mol. The van der Waals surface area contributed by atoms with E-state index in [4.69, 9.17) is 5.26 Å².